The summed E-state index contributed by atoms with van der Waals surface area (Å²) in [6.45, 7) is 0. The third-order valence-corrected chi connectivity index (χ3v) is 5.87. The maximum atomic E-state index is 11.9. The molecule has 20 heavy (non-hydrogen) atoms. The highest BCUT2D eigenvalue weighted by Crippen LogP contribution is 2.13. The summed E-state index contributed by atoms with van der Waals surface area (Å²) in [7, 11) is -8.21. The Morgan fingerprint density at radius 2 is 0.900 bits per heavy atom. The van der Waals surface area contributed by atoms with E-state index in [4.69, 9.17) is 0 Å². The van der Waals surface area contributed by atoms with E-state index in [1.54, 1.807) is 16.3 Å². The Morgan fingerprint density at radius 3 is 1.20 bits per heavy atom. The second-order valence-electron chi connectivity index (χ2n) is 3.72. The lowest BCUT2D eigenvalue weighted by molar-refractivity contribution is 0.577. The summed E-state index contributed by atoms with van der Waals surface area (Å²) in [5.41, 5.74) is 0. The van der Waals surface area contributed by atoms with Crippen LogP contribution in [0.1, 0.15) is 0 Å². The van der Waals surface area contributed by atoms with Crippen LogP contribution in [0.3, 0.4) is 0 Å². The van der Waals surface area contributed by atoms with Crippen molar-refractivity contribution in [2.45, 2.75) is 9.79 Å². The van der Waals surface area contributed by atoms with Crippen LogP contribution in [0, 0.1) is 0 Å². The maximum Gasteiger partial charge on any atom is 0.253 e. The zero-order valence-electron chi connectivity index (χ0n) is 10.1. The highest BCUT2D eigenvalue weighted by atomic mass is 32.3. The number of nitrogens with one attached hydrogen (secondary N) is 1. The molecular formula is C12H12FNO4S2. The predicted octanol–water partition coefficient (Wildman–Crippen LogP) is 1.51. The van der Waals surface area contributed by atoms with Crippen LogP contribution in [0.5, 0.6) is 0 Å². The minimum absolute atomic E-state index is 0. The fourth-order valence-electron chi connectivity index (χ4n) is 1.44. The smallest absolute Gasteiger partial charge is 0.253 e. The van der Waals surface area contributed by atoms with Crippen LogP contribution in [0.4, 0.5) is 4.70 Å². The number of sulfonamides is 2. The first-order chi connectivity index (χ1) is 8.92. The van der Waals surface area contributed by atoms with E-state index in [2.05, 4.69) is 0 Å². The van der Waals surface area contributed by atoms with Gasteiger partial charge in [0, 0.05) is 0 Å². The third-order valence-electron chi connectivity index (χ3n) is 2.33. The van der Waals surface area contributed by atoms with Gasteiger partial charge in [0.25, 0.3) is 20.0 Å². The summed E-state index contributed by atoms with van der Waals surface area (Å²) in [6, 6.07) is 14.6. The van der Waals surface area contributed by atoms with Gasteiger partial charge < -0.3 is 0 Å². The molecule has 0 bridgehead atoms. The summed E-state index contributed by atoms with van der Waals surface area (Å²) >= 11 is 0. The van der Waals surface area contributed by atoms with Gasteiger partial charge in [-0.3, -0.25) is 4.70 Å². The fraction of sp³-hybridized carbons (Fsp3) is 0. The van der Waals surface area contributed by atoms with Gasteiger partial charge in [0.15, 0.2) is 0 Å². The molecular weight excluding hydrogens is 305 g/mol. The van der Waals surface area contributed by atoms with Gasteiger partial charge in [-0.25, -0.2) is 16.8 Å². The van der Waals surface area contributed by atoms with Crippen LogP contribution < -0.4 is 4.13 Å². The molecule has 2 aromatic carbocycles. The van der Waals surface area contributed by atoms with Gasteiger partial charge in [-0.1, -0.05) is 36.4 Å². The Hall–Kier alpha value is -1.77. The molecule has 1 N–H and O–H groups in total. The molecule has 5 nitrogen and oxygen atoms in total. The molecule has 0 aromatic heterocycles. The molecule has 2 aromatic rings. The topological polar surface area (TPSA) is 80.3 Å². The standard InChI is InChI=1S/C12H11NO4S2.FH/c14-18(15,11-7-3-1-4-8-11)13-19(16,17)12-9-5-2-6-10-12;/h1-10,13H;1H. The fourth-order valence-corrected chi connectivity index (χ4v) is 4.40. The largest absolute Gasteiger partial charge is 0.269 e. The Labute approximate surface area is 116 Å². The number of hydrogen-bond donors (Lipinski definition) is 1. The maximum absolute atomic E-state index is 11.9. The highest BCUT2D eigenvalue weighted by Gasteiger charge is 2.23. The predicted molar refractivity (Wildman–Crippen MR) is 72.9 cm³/mol. The first kappa shape index (κ1) is 16.3. The van der Waals surface area contributed by atoms with Crippen molar-refractivity contribution in [1.82, 2.24) is 4.13 Å². The average molecular weight is 317 g/mol. The second-order valence-corrected chi connectivity index (χ2v) is 7.34. The molecule has 108 valence electrons. The van der Waals surface area contributed by atoms with Crippen LogP contribution in [0.15, 0.2) is 70.5 Å². The van der Waals surface area contributed by atoms with Crippen molar-refractivity contribution < 1.29 is 21.5 Å². The molecule has 0 aliphatic carbocycles. The van der Waals surface area contributed by atoms with Crippen molar-refractivity contribution in [3.63, 3.8) is 0 Å². The highest BCUT2D eigenvalue weighted by molar-refractivity contribution is 8.04. The third kappa shape index (κ3) is 3.62. The quantitative estimate of drug-likeness (QED) is 0.927. The van der Waals surface area contributed by atoms with E-state index in [-0.39, 0.29) is 14.5 Å². The lowest BCUT2D eigenvalue weighted by Gasteiger charge is -2.07. The van der Waals surface area contributed by atoms with Crippen molar-refractivity contribution in [3.05, 3.63) is 60.7 Å². The lowest BCUT2D eigenvalue weighted by Crippen LogP contribution is -2.30. The summed E-state index contributed by atoms with van der Waals surface area (Å²) in [6.07, 6.45) is 0. The van der Waals surface area contributed by atoms with Gasteiger partial charge in [0.05, 0.1) is 9.79 Å². The Balaban J connectivity index is 0.00000200. The minimum atomic E-state index is -4.10. The molecule has 2 rings (SSSR count). The first-order valence-electron chi connectivity index (χ1n) is 5.30. The summed E-state index contributed by atoms with van der Waals surface area (Å²) in [5.74, 6) is 0. The van der Waals surface area contributed by atoms with E-state index < -0.39 is 20.0 Å². The average Bonchev–Trinajstić information content (AvgIpc) is 2.40. The molecule has 0 fully saturated rings. The van der Waals surface area contributed by atoms with Crippen LogP contribution in [0.2, 0.25) is 0 Å². The van der Waals surface area contributed by atoms with Crippen LogP contribution in [0.25, 0.3) is 0 Å². The van der Waals surface area contributed by atoms with Crippen molar-refractivity contribution >= 4 is 20.0 Å². The van der Waals surface area contributed by atoms with Crippen molar-refractivity contribution in [2.75, 3.05) is 0 Å². The van der Waals surface area contributed by atoms with E-state index >= 15 is 0 Å². The molecule has 0 saturated carbocycles. The molecule has 0 amide bonds. The molecule has 0 saturated heterocycles. The first-order valence-corrected chi connectivity index (χ1v) is 8.27. The molecule has 0 aliphatic heterocycles. The summed E-state index contributed by atoms with van der Waals surface area (Å²) < 4.78 is 49.4. The molecule has 0 radical (unpaired) electrons. The minimum Gasteiger partial charge on any atom is -0.269 e. The zero-order valence-corrected chi connectivity index (χ0v) is 11.8. The molecule has 8 heteroatoms. The molecule has 0 atom stereocenters. The summed E-state index contributed by atoms with van der Waals surface area (Å²) in [5, 5.41) is 0. The van der Waals surface area contributed by atoms with E-state index in [0.29, 0.717) is 0 Å². The monoisotopic (exact) mass is 317 g/mol. The summed E-state index contributed by atoms with van der Waals surface area (Å²) in [4.78, 5) is -0.205. The van der Waals surface area contributed by atoms with E-state index in [9.17, 15) is 16.8 Å². The SMILES string of the molecule is F.O=S(=O)(NS(=O)(=O)c1ccccc1)c1ccccc1. The van der Waals surface area contributed by atoms with Gasteiger partial charge in [-0.15, -0.1) is 4.13 Å². The van der Waals surface area contributed by atoms with Crippen molar-refractivity contribution in [2.24, 2.45) is 0 Å². The van der Waals surface area contributed by atoms with Crippen molar-refractivity contribution in [1.29, 1.82) is 0 Å². The van der Waals surface area contributed by atoms with Gasteiger partial charge >= 0.3 is 0 Å². The molecule has 0 heterocycles. The normalized spacial score (nSPS) is 11.6. The van der Waals surface area contributed by atoms with Gasteiger partial charge in [0.2, 0.25) is 0 Å². The van der Waals surface area contributed by atoms with Crippen LogP contribution in [-0.4, -0.2) is 16.8 Å². The lowest BCUT2D eigenvalue weighted by atomic mass is 10.4. The zero-order chi connectivity index (χ0) is 13.9. The number of benzene rings is 2. The Bertz CT molecular complexity index is 692. The Kier molecular flexibility index (Phi) is 4.98. The van der Waals surface area contributed by atoms with Crippen molar-refractivity contribution in [3.8, 4) is 0 Å². The van der Waals surface area contributed by atoms with Gasteiger partial charge in [-0.2, -0.15) is 0 Å². The van der Waals surface area contributed by atoms with Crippen LogP contribution in [-0.2, 0) is 20.0 Å². The molecule has 0 aliphatic rings. The van der Waals surface area contributed by atoms with E-state index in [1.165, 1.54) is 48.5 Å². The number of rotatable bonds is 4. The van der Waals surface area contributed by atoms with Crippen LogP contribution >= 0.6 is 0 Å². The second kappa shape index (κ2) is 6.12. The van der Waals surface area contributed by atoms with Gasteiger partial charge in [0.1, 0.15) is 0 Å². The molecule has 0 spiro atoms. The van der Waals surface area contributed by atoms with E-state index in [1.807, 2.05) is 0 Å². The van der Waals surface area contributed by atoms with E-state index in [0.717, 1.165) is 0 Å². The number of hydrogen-bond acceptors (Lipinski definition) is 4. The molecule has 0 unspecified atom stereocenters. The Morgan fingerprint density at radius 1 is 0.600 bits per heavy atom. The van der Waals surface area contributed by atoms with Gasteiger partial charge in [-0.05, 0) is 24.3 Å². The number of halogens is 1.